The lowest BCUT2D eigenvalue weighted by molar-refractivity contribution is 0.103. The minimum atomic E-state index is -0.228. The van der Waals surface area contributed by atoms with Gasteiger partial charge in [-0.1, -0.05) is 67.0 Å². The second-order valence-electron chi connectivity index (χ2n) is 8.16. The number of nitrogens with one attached hydrogen (secondary N) is 1. The van der Waals surface area contributed by atoms with Crippen molar-refractivity contribution in [1.82, 2.24) is 4.98 Å². The molecule has 152 valence electrons. The molecule has 0 saturated heterocycles. The molecule has 0 aliphatic carbocycles. The van der Waals surface area contributed by atoms with Crippen LogP contribution in [0.15, 0.2) is 65.1 Å². The van der Waals surface area contributed by atoms with E-state index in [0.717, 1.165) is 31.5 Å². The zero-order valence-electron chi connectivity index (χ0n) is 17.0. The average molecular weight is 480 g/mol. The van der Waals surface area contributed by atoms with Gasteiger partial charge >= 0.3 is 0 Å². The maximum absolute atomic E-state index is 13.0. The molecule has 0 atom stereocenters. The van der Waals surface area contributed by atoms with Crippen LogP contribution in [-0.4, -0.2) is 10.9 Å². The van der Waals surface area contributed by atoms with Crippen LogP contribution in [-0.2, 0) is 5.41 Å². The van der Waals surface area contributed by atoms with Gasteiger partial charge in [0.2, 0.25) is 0 Å². The molecule has 2 aromatic carbocycles. The molecule has 0 bridgehead atoms. The summed E-state index contributed by atoms with van der Waals surface area (Å²) in [6.07, 6.45) is 0. The summed E-state index contributed by atoms with van der Waals surface area (Å²) in [5.74, 6) is -0.228. The molecule has 0 radical (unpaired) electrons. The Bertz CT molecular complexity index is 1230. The number of halogens is 1. The van der Waals surface area contributed by atoms with E-state index in [4.69, 9.17) is 10.7 Å². The van der Waals surface area contributed by atoms with E-state index in [9.17, 15) is 4.79 Å². The van der Waals surface area contributed by atoms with E-state index in [-0.39, 0.29) is 11.3 Å². The maximum atomic E-state index is 13.0. The minimum absolute atomic E-state index is 0.129. The van der Waals surface area contributed by atoms with Gasteiger partial charge in [-0.15, -0.1) is 11.3 Å². The highest BCUT2D eigenvalue weighted by atomic mass is 79.9. The van der Waals surface area contributed by atoms with Crippen LogP contribution in [0, 0.1) is 0 Å². The maximum Gasteiger partial charge on any atom is 0.267 e. The Morgan fingerprint density at radius 3 is 2.37 bits per heavy atom. The summed E-state index contributed by atoms with van der Waals surface area (Å²) in [6, 6.07) is 19.7. The molecule has 2 heterocycles. The molecule has 30 heavy (non-hydrogen) atoms. The summed E-state index contributed by atoms with van der Waals surface area (Å²) in [4.78, 5) is 19.1. The van der Waals surface area contributed by atoms with Gasteiger partial charge in [-0.25, -0.2) is 4.98 Å². The van der Waals surface area contributed by atoms with E-state index in [1.807, 2.05) is 42.5 Å². The van der Waals surface area contributed by atoms with Gasteiger partial charge in [-0.3, -0.25) is 4.79 Å². The van der Waals surface area contributed by atoms with Gasteiger partial charge in [-0.2, -0.15) is 0 Å². The summed E-state index contributed by atoms with van der Waals surface area (Å²) in [6.45, 7) is 6.40. The molecule has 6 heteroatoms. The van der Waals surface area contributed by atoms with Crippen LogP contribution in [0.5, 0.6) is 0 Å². The predicted octanol–water partition coefficient (Wildman–Crippen LogP) is 6.86. The van der Waals surface area contributed by atoms with Crippen LogP contribution >= 0.6 is 27.3 Å². The number of nitrogens with zero attached hydrogens (tertiary/aromatic N) is 1. The van der Waals surface area contributed by atoms with Crippen LogP contribution in [0.2, 0.25) is 0 Å². The molecular formula is C24H22BrN3OS. The fourth-order valence-electron chi connectivity index (χ4n) is 3.24. The molecular weight excluding hydrogens is 458 g/mol. The van der Waals surface area contributed by atoms with Crippen molar-refractivity contribution in [1.29, 1.82) is 0 Å². The molecule has 0 unspecified atom stereocenters. The number of benzene rings is 2. The van der Waals surface area contributed by atoms with Crippen LogP contribution < -0.4 is 11.1 Å². The van der Waals surface area contributed by atoms with Gasteiger partial charge in [0.15, 0.2) is 0 Å². The number of rotatable bonds is 3. The van der Waals surface area contributed by atoms with Gasteiger partial charge in [0.25, 0.3) is 5.91 Å². The van der Waals surface area contributed by atoms with Crippen molar-refractivity contribution >= 4 is 54.8 Å². The number of thiophene rings is 1. The number of hydrogen-bond donors (Lipinski definition) is 2. The second-order valence-corrected chi connectivity index (χ2v) is 10.1. The number of aromatic nitrogens is 1. The molecule has 0 saturated carbocycles. The van der Waals surface area contributed by atoms with Crippen molar-refractivity contribution in [3.8, 4) is 11.1 Å². The van der Waals surface area contributed by atoms with Crippen molar-refractivity contribution in [3.63, 3.8) is 0 Å². The molecule has 4 aromatic rings. The Labute approximate surface area is 188 Å². The number of hydrogen-bond acceptors (Lipinski definition) is 4. The molecule has 0 spiro atoms. The third kappa shape index (κ3) is 3.98. The Kier molecular flexibility index (Phi) is 5.38. The highest BCUT2D eigenvalue weighted by Crippen LogP contribution is 2.41. The number of nitrogens with two attached hydrogens (primary N) is 1. The number of fused-ring (bicyclic) bond motifs is 1. The molecule has 4 nitrogen and oxygen atoms in total. The summed E-state index contributed by atoms with van der Waals surface area (Å²) in [5, 5.41) is 3.77. The lowest BCUT2D eigenvalue weighted by atomic mass is 9.89. The van der Waals surface area contributed by atoms with E-state index in [2.05, 4.69) is 60.2 Å². The lowest BCUT2D eigenvalue weighted by Crippen LogP contribution is -2.13. The molecule has 0 aliphatic heterocycles. The normalized spacial score (nSPS) is 11.6. The fraction of sp³-hybridized carbons (Fsp3) is 0.167. The Morgan fingerprint density at radius 2 is 1.73 bits per heavy atom. The van der Waals surface area contributed by atoms with E-state index in [0.29, 0.717) is 16.3 Å². The van der Waals surface area contributed by atoms with E-state index in [1.54, 1.807) is 0 Å². The number of carbonyl (C=O) groups is 1. The van der Waals surface area contributed by atoms with Crippen LogP contribution in [0.1, 0.15) is 36.1 Å². The van der Waals surface area contributed by atoms with Gasteiger partial charge in [0, 0.05) is 26.7 Å². The molecule has 4 rings (SSSR count). The van der Waals surface area contributed by atoms with Crippen molar-refractivity contribution in [2.45, 2.75) is 26.2 Å². The van der Waals surface area contributed by atoms with Gasteiger partial charge in [0.05, 0.1) is 5.69 Å². The van der Waals surface area contributed by atoms with Gasteiger partial charge < -0.3 is 11.1 Å². The second kappa shape index (κ2) is 7.85. The number of carbonyl (C=O) groups excluding carboxylic acids is 1. The van der Waals surface area contributed by atoms with E-state index < -0.39 is 0 Å². The smallest absolute Gasteiger partial charge is 0.267 e. The van der Waals surface area contributed by atoms with Gasteiger partial charge in [-0.05, 0) is 41.5 Å². The zero-order valence-corrected chi connectivity index (χ0v) is 19.4. The Balaban J connectivity index is 1.86. The SMILES string of the molecule is CC(C)(C)c1cc(-c2ccccc2)c2c(N)c(C(=O)Nc3ccc(Br)cc3)sc2n1. The minimum Gasteiger partial charge on any atom is -0.397 e. The Morgan fingerprint density at radius 1 is 1.07 bits per heavy atom. The monoisotopic (exact) mass is 479 g/mol. The standard InChI is InChI=1S/C24H22BrN3OS/c1-24(2,3)18-13-17(14-7-5-4-6-8-14)19-20(26)21(30-23(19)28-18)22(29)27-16-11-9-15(25)10-12-16/h4-13H,26H2,1-3H3,(H,27,29). The zero-order chi connectivity index (χ0) is 21.5. The van der Waals surface area contributed by atoms with E-state index >= 15 is 0 Å². The summed E-state index contributed by atoms with van der Waals surface area (Å²) >= 11 is 4.74. The van der Waals surface area contributed by atoms with Gasteiger partial charge in [0.1, 0.15) is 9.71 Å². The number of anilines is 2. The van der Waals surface area contributed by atoms with Crippen LogP contribution in [0.4, 0.5) is 11.4 Å². The first-order chi connectivity index (χ1) is 14.2. The third-order valence-corrected chi connectivity index (χ3v) is 6.49. The molecule has 0 aliphatic rings. The molecule has 3 N–H and O–H groups in total. The number of nitrogen functional groups attached to an aromatic ring is 1. The highest BCUT2D eigenvalue weighted by molar-refractivity contribution is 9.10. The molecule has 2 aromatic heterocycles. The van der Waals surface area contributed by atoms with Crippen molar-refractivity contribution < 1.29 is 4.79 Å². The average Bonchev–Trinajstić information content (AvgIpc) is 3.06. The quantitative estimate of drug-likeness (QED) is 0.337. The first-order valence-corrected chi connectivity index (χ1v) is 11.2. The molecule has 1 amide bonds. The first-order valence-electron chi connectivity index (χ1n) is 9.60. The van der Waals surface area contributed by atoms with Crippen LogP contribution in [0.25, 0.3) is 21.3 Å². The summed E-state index contributed by atoms with van der Waals surface area (Å²) in [5.41, 5.74) is 10.6. The van der Waals surface area contributed by atoms with Crippen molar-refractivity contribution in [2.24, 2.45) is 0 Å². The summed E-state index contributed by atoms with van der Waals surface area (Å²) < 4.78 is 0.952. The van der Waals surface area contributed by atoms with Crippen molar-refractivity contribution in [2.75, 3.05) is 11.1 Å². The number of amides is 1. The topological polar surface area (TPSA) is 68.0 Å². The lowest BCUT2D eigenvalue weighted by Gasteiger charge is -2.19. The predicted molar refractivity (Wildman–Crippen MR) is 130 cm³/mol. The first kappa shape index (κ1) is 20.6. The Hall–Kier alpha value is -2.70. The highest BCUT2D eigenvalue weighted by Gasteiger charge is 2.24. The van der Waals surface area contributed by atoms with Crippen molar-refractivity contribution in [3.05, 3.63) is 75.7 Å². The van der Waals surface area contributed by atoms with E-state index in [1.165, 1.54) is 11.3 Å². The largest absolute Gasteiger partial charge is 0.397 e. The number of pyridine rings is 1. The van der Waals surface area contributed by atoms with Crippen LogP contribution in [0.3, 0.4) is 0 Å². The fourth-order valence-corrected chi connectivity index (χ4v) is 4.52. The third-order valence-electron chi connectivity index (χ3n) is 4.86. The summed E-state index contributed by atoms with van der Waals surface area (Å²) in [7, 11) is 0. The molecule has 0 fully saturated rings.